The molecule has 3 heterocycles. The van der Waals surface area contributed by atoms with Crippen LogP contribution in [-0.2, 0) is 17.9 Å². The SMILES string of the molecule is Cc1ccc(-c2cnc3n2CCN(CC(=O)N2CCN(C4CCC4)CC2)C3)cc1. The van der Waals surface area contributed by atoms with Gasteiger partial charge in [0, 0.05) is 45.3 Å². The lowest BCUT2D eigenvalue weighted by atomic mass is 9.91. The van der Waals surface area contributed by atoms with Crippen LogP contribution in [0.5, 0.6) is 0 Å². The summed E-state index contributed by atoms with van der Waals surface area (Å²) in [6, 6.07) is 9.41. The Morgan fingerprint density at radius 1 is 1.03 bits per heavy atom. The molecule has 6 nitrogen and oxygen atoms in total. The molecular weight excluding hydrogens is 362 g/mol. The van der Waals surface area contributed by atoms with Crippen molar-refractivity contribution in [3.8, 4) is 11.3 Å². The molecule has 3 aliphatic rings. The second-order valence-electron chi connectivity index (χ2n) is 8.79. The van der Waals surface area contributed by atoms with Crippen molar-refractivity contribution in [2.75, 3.05) is 39.3 Å². The van der Waals surface area contributed by atoms with E-state index in [0.29, 0.717) is 6.54 Å². The molecule has 1 aromatic carbocycles. The number of amides is 1. The molecule has 0 unspecified atom stereocenters. The maximum Gasteiger partial charge on any atom is 0.236 e. The third-order valence-corrected chi connectivity index (χ3v) is 6.91. The van der Waals surface area contributed by atoms with Gasteiger partial charge in [-0.2, -0.15) is 0 Å². The van der Waals surface area contributed by atoms with Crippen molar-refractivity contribution in [3.63, 3.8) is 0 Å². The number of benzene rings is 1. The summed E-state index contributed by atoms with van der Waals surface area (Å²) >= 11 is 0. The lowest BCUT2D eigenvalue weighted by Crippen LogP contribution is -2.55. The normalized spacial score (nSPS) is 21.1. The van der Waals surface area contributed by atoms with Gasteiger partial charge in [-0.05, 0) is 25.3 Å². The topological polar surface area (TPSA) is 44.6 Å². The van der Waals surface area contributed by atoms with Crippen molar-refractivity contribution in [3.05, 3.63) is 41.9 Å². The summed E-state index contributed by atoms with van der Waals surface area (Å²) in [6.45, 7) is 9.01. The van der Waals surface area contributed by atoms with Crippen LogP contribution in [0.3, 0.4) is 0 Å². The predicted octanol–water partition coefficient (Wildman–Crippen LogP) is 2.37. The van der Waals surface area contributed by atoms with Gasteiger partial charge in [0.25, 0.3) is 0 Å². The molecule has 2 aromatic rings. The summed E-state index contributed by atoms with van der Waals surface area (Å²) in [5, 5.41) is 0. The first-order valence-electron chi connectivity index (χ1n) is 11.0. The summed E-state index contributed by atoms with van der Waals surface area (Å²) < 4.78 is 2.31. The third kappa shape index (κ3) is 3.83. The average molecular weight is 394 g/mol. The largest absolute Gasteiger partial charge is 0.339 e. The molecule has 1 aromatic heterocycles. The maximum atomic E-state index is 12.8. The standard InChI is InChI=1S/C23H31N5O/c1-18-5-7-19(8-6-18)21-15-24-22-16-25(9-14-28(21)22)17-23(29)27-12-10-26(11-13-27)20-3-2-4-20/h5-8,15,20H,2-4,9-14,16-17H2,1H3. The van der Waals surface area contributed by atoms with Gasteiger partial charge in [-0.3, -0.25) is 14.6 Å². The smallest absolute Gasteiger partial charge is 0.236 e. The van der Waals surface area contributed by atoms with E-state index in [0.717, 1.165) is 57.7 Å². The molecule has 1 saturated heterocycles. The molecular formula is C23H31N5O. The van der Waals surface area contributed by atoms with Crippen LogP contribution in [-0.4, -0.2) is 75.5 Å². The molecule has 0 atom stereocenters. The van der Waals surface area contributed by atoms with E-state index in [4.69, 9.17) is 0 Å². The summed E-state index contributed by atoms with van der Waals surface area (Å²) in [4.78, 5) is 24.4. The molecule has 2 fully saturated rings. The van der Waals surface area contributed by atoms with Gasteiger partial charge in [-0.15, -0.1) is 0 Å². The number of piperazine rings is 1. The van der Waals surface area contributed by atoms with E-state index in [2.05, 4.69) is 55.4 Å². The predicted molar refractivity (Wildman–Crippen MR) is 113 cm³/mol. The number of rotatable bonds is 4. The van der Waals surface area contributed by atoms with E-state index in [1.165, 1.54) is 36.1 Å². The Hall–Kier alpha value is -2.18. The second-order valence-corrected chi connectivity index (χ2v) is 8.79. The molecule has 6 heteroatoms. The average Bonchev–Trinajstić information content (AvgIpc) is 3.11. The van der Waals surface area contributed by atoms with Crippen LogP contribution >= 0.6 is 0 Å². The highest BCUT2D eigenvalue weighted by atomic mass is 16.2. The fourth-order valence-corrected chi connectivity index (χ4v) is 4.78. The number of hydrogen-bond acceptors (Lipinski definition) is 4. The first-order chi connectivity index (χ1) is 14.2. The maximum absolute atomic E-state index is 12.8. The zero-order valence-corrected chi connectivity index (χ0v) is 17.4. The Bertz CT molecular complexity index is 862. The zero-order valence-electron chi connectivity index (χ0n) is 17.4. The van der Waals surface area contributed by atoms with Crippen molar-refractivity contribution < 1.29 is 4.79 Å². The quantitative estimate of drug-likeness (QED) is 0.800. The minimum atomic E-state index is 0.275. The summed E-state index contributed by atoms with van der Waals surface area (Å²) in [7, 11) is 0. The van der Waals surface area contributed by atoms with Crippen LogP contribution < -0.4 is 0 Å². The lowest BCUT2D eigenvalue weighted by Gasteiger charge is -2.43. The van der Waals surface area contributed by atoms with Crippen molar-refractivity contribution in [2.45, 2.75) is 45.3 Å². The van der Waals surface area contributed by atoms with Gasteiger partial charge in [-0.25, -0.2) is 4.98 Å². The molecule has 1 saturated carbocycles. The molecule has 1 amide bonds. The molecule has 154 valence electrons. The zero-order chi connectivity index (χ0) is 19.8. The van der Waals surface area contributed by atoms with Crippen LogP contribution in [0.2, 0.25) is 0 Å². The molecule has 5 rings (SSSR count). The highest BCUT2D eigenvalue weighted by molar-refractivity contribution is 5.78. The molecule has 0 radical (unpaired) electrons. The van der Waals surface area contributed by atoms with Crippen LogP contribution in [0.15, 0.2) is 30.5 Å². The lowest BCUT2D eigenvalue weighted by molar-refractivity contribution is -0.135. The van der Waals surface area contributed by atoms with Crippen LogP contribution in [0, 0.1) is 6.92 Å². The minimum absolute atomic E-state index is 0.275. The van der Waals surface area contributed by atoms with Crippen molar-refractivity contribution >= 4 is 5.91 Å². The number of hydrogen-bond donors (Lipinski definition) is 0. The molecule has 0 N–H and O–H groups in total. The van der Waals surface area contributed by atoms with E-state index in [1.54, 1.807) is 0 Å². The number of carbonyl (C=O) groups excluding carboxylic acids is 1. The number of carbonyl (C=O) groups is 1. The molecule has 1 aliphatic carbocycles. The van der Waals surface area contributed by atoms with Crippen molar-refractivity contribution in [1.29, 1.82) is 0 Å². The third-order valence-electron chi connectivity index (χ3n) is 6.91. The number of imidazole rings is 1. The van der Waals surface area contributed by atoms with Crippen molar-refractivity contribution in [1.82, 2.24) is 24.3 Å². The van der Waals surface area contributed by atoms with Gasteiger partial charge in [0.2, 0.25) is 5.91 Å². The summed E-state index contributed by atoms with van der Waals surface area (Å²) in [5.74, 6) is 1.34. The Labute approximate surface area is 173 Å². The van der Waals surface area contributed by atoms with Gasteiger partial charge in [0.1, 0.15) is 5.82 Å². The van der Waals surface area contributed by atoms with Crippen LogP contribution in [0.1, 0.15) is 30.7 Å². The molecule has 2 aliphatic heterocycles. The van der Waals surface area contributed by atoms with E-state index in [1.807, 2.05) is 6.20 Å². The fourth-order valence-electron chi connectivity index (χ4n) is 4.78. The monoisotopic (exact) mass is 393 g/mol. The van der Waals surface area contributed by atoms with Crippen LogP contribution in [0.25, 0.3) is 11.3 Å². The molecule has 29 heavy (non-hydrogen) atoms. The Balaban J connectivity index is 1.17. The van der Waals surface area contributed by atoms with Gasteiger partial charge in [0.15, 0.2) is 0 Å². The van der Waals surface area contributed by atoms with E-state index in [9.17, 15) is 4.79 Å². The Kier molecular flexibility index (Phi) is 5.14. The first kappa shape index (κ1) is 18.8. The fraction of sp³-hybridized carbons (Fsp3) is 0.565. The second kappa shape index (κ2) is 7.92. The van der Waals surface area contributed by atoms with Gasteiger partial charge >= 0.3 is 0 Å². The molecule has 0 bridgehead atoms. The summed E-state index contributed by atoms with van der Waals surface area (Å²) in [6.07, 6.45) is 6.04. The van der Waals surface area contributed by atoms with Gasteiger partial charge in [0.05, 0.1) is 25.0 Å². The number of fused-ring (bicyclic) bond motifs is 1. The highest BCUT2D eigenvalue weighted by Gasteiger charge is 2.30. The van der Waals surface area contributed by atoms with E-state index >= 15 is 0 Å². The number of nitrogens with zero attached hydrogens (tertiary/aromatic N) is 5. The Morgan fingerprint density at radius 2 is 1.79 bits per heavy atom. The van der Waals surface area contributed by atoms with E-state index in [-0.39, 0.29) is 5.91 Å². The van der Waals surface area contributed by atoms with Gasteiger partial charge in [-0.1, -0.05) is 36.2 Å². The van der Waals surface area contributed by atoms with E-state index < -0.39 is 0 Å². The first-order valence-corrected chi connectivity index (χ1v) is 11.0. The summed E-state index contributed by atoms with van der Waals surface area (Å²) in [5.41, 5.74) is 3.66. The number of aryl methyl sites for hydroxylation is 1. The van der Waals surface area contributed by atoms with Gasteiger partial charge < -0.3 is 9.47 Å². The molecule has 0 spiro atoms. The number of aromatic nitrogens is 2. The Morgan fingerprint density at radius 3 is 2.48 bits per heavy atom. The highest BCUT2D eigenvalue weighted by Crippen LogP contribution is 2.26. The van der Waals surface area contributed by atoms with Crippen LogP contribution in [0.4, 0.5) is 0 Å². The van der Waals surface area contributed by atoms with Crippen molar-refractivity contribution in [2.24, 2.45) is 0 Å². The minimum Gasteiger partial charge on any atom is -0.339 e.